The van der Waals surface area contributed by atoms with Crippen LogP contribution in [0.1, 0.15) is 39.4 Å². The van der Waals surface area contributed by atoms with Crippen molar-refractivity contribution in [1.29, 1.82) is 0 Å². The summed E-state index contributed by atoms with van der Waals surface area (Å²) in [6, 6.07) is 2.73. The average Bonchev–Trinajstić information content (AvgIpc) is 3.27. The van der Waals surface area contributed by atoms with Gasteiger partial charge in [0.05, 0.1) is 11.3 Å². The largest absolute Gasteiger partial charge is 0.478 e. The number of hydrogen-bond donors (Lipinski definition) is 3. The fourth-order valence-corrected chi connectivity index (χ4v) is 1.86. The third kappa shape index (κ3) is 4.01. The highest BCUT2D eigenvalue weighted by atomic mass is 16.4. The van der Waals surface area contributed by atoms with E-state index >= 15 is 0 Å². The first-order valence-electron chi connectivity index (χ1n) is 6.76. The van der Waals surface area contributed by atoms with Gasteiger partial charge in [-0.2, -0.15) is 0 Å². The van der Waals surface area contributed by atoms with E-state index in [4.69, 9.17) is 5.11 Å². The number of carboxylic acid groups (broad SMARTS) is 1. The van der Waals surface area contributed by atoms with E-state index in [1.54, 1.807) is 0 Å². The van der Waals surface area contributed by atoms with E-state index in [0.29, 0.717) is 13.1 Å². The molecule has 112 valence electrons. The fraction of sp³-hybridized carbons (Fsp3) is 0.429. The van der Waals surface area contributed by atoms with Crippen LogP contribution in [0.4, 0.5) is 0 Å². The van der Waals surface area contributed by atoms with Gasteiger partial charge in [0.25, 0.3) is 5.91 Å². The standard InChI is InChI=1S/C14H17N3O4/c1-8-10(14(20)21)4-5-11(17-8)13(19)16-7-6-15-12(18)9-2-3-9/h4-5,9H,2-3,6-7H2,1H3,(H,15,18)(H,16,19)(H,20,21). The van der Waals surface area contributed by atoms with Crippen LogP contribution < -0.4 is 10.6 Å². The zero-order chi connectivity index (χ0) is 15.4. The van der Waals surface area contributed by atoms with Crippen molar-refractivity contribution in [2.75, 3.05) is 13.1 Å². The lowest BCUT2D eigenvalue weighted by Crippen LogP contribution is -2.35. The van der Waals surface area contributed by atoms with Crippen LogP contribution in [0, 0.1) is 12.8 Å². The number of carboxylic acids is 1. The van der Waals surface area contributed by atoms with Crippen LogP contribution in [0.25, 0.3) is 0 Å². The SMILES string of the molecule is Cc1nc(C(=O)NCCNC(=O)C2CC2)ccc1C(=O)O. The Morgan fingerprint density at radius 3 is 2.48 bits per heavy atom. The van der Waals surface area contributed by atoms with E-state index in [1.807, 2.05) is 0 Å². The van der Waals surface area contributed by atoms with Crippen molar-refractivity contribution in [3.05, 3.63) is 29.1 Å². The van der Waals surface area contributed by atoms with E-state index in [0.717, 1.165) is 12.8 Å². The number of nitrogens with zero attached hydrogens (tertiary/aromatic N) is 1. The van der Waals surface area contributed by atoms with Gasteiger partial charge < -0.3 is 15.7 Å². The molecule has 21 heavy (non-hydrogen) atoms. The van der Waals surface area contributed by atoms with E-state index in [1.165, 1.54) is 19.1 Å². The normalized spacial score (nSPS) is 13.6. The second-order valence-corrected chi connectivity index (χ2v) is 4.96. The average molecular weight is 291 g/mol. The summed E-state index contributed by atoms with van der Waals surface area (Å²) in [4.78, 5) is 38.0. The number of amides is 2. The minimum Gasteiger partial charge on any atom is -0.478 e. The van der Waals surface area contributed by atoms with Crippen LogP contribution >= 0.6 is 0 Å². The van der Waals surface area contributed by atoms with Gasteiger partial charge in [0.2, 0.25) is 5.91 Å². The zero-order valence-electron chi connectivity index (χ0n) is 11.7. The van der Waals surface area contributed by atoms with Crippen molar-refractivity contribution in [2.24, 2.45) is 5.92 Å². The number of hydrogen-bond acceptors (Lipinski definition) is 4. The first-order chi connectivity index (χ1) is 9.99. The van der Waals surface area contributed by atoms with Gasteiger partial charge in [-0.1, -0.05) is 0 Å². The molecule has 3 N–H and O–H groups in total. The summed E-state index contributed by atoms with van der Waals surface area (Å²) >= 11 is 0. The topological polar surface area (TPSA) is 108 Å². The quantitative estimate of drug-likeness (QED) is 0.655. The third-order valence-corrected chi connectivity index (χ3v) is 3.21. The number of nitrogens with one attached hydrogen (secondary N) is 2. The molecule has 7 nitrogen and oxygen atoms in total. The summed E-state index contributed by atoms with van der Waals surface area (Å²) in [6.07, 6.45) is 1.88. The Labute approximate surface area is 121 Å². The molecule has 1 fully saturated rings. The van der Waals surface area contributed by atoms with Crippen LogP contribution in [0.2, 0.25) is 0 Å². The van der Waals surface area contributed by atoms with Crippen molar-refractivity contribution in [2.45, 2.75) is 19.8 Å². The number of aryl methyl sites for hydroxylation is 1. The molecular formula is C14H17N3O4. The highest BCUT2D eigenvalue weighted by Crippen LogP contribution is 2.28. The van der Waals surface area contributed by atoms with Gasteiger partial charge in [0, 0.05) is 19.0 Å². The van der Waals surface area contributed by atoms with Gasteiger partial charge in [-0.05, 0) is 31.9 Å². The molecule has 0 spiro atoms. The minimum atomic E-state index is -1.07. The van der Waals surface area contributed by atoms with Crippen molar-refractivity contribution in [1.82, 2.24) is 15.6 Å². The van der Waals surface area contributed by atoms with Gasteiger partial charge >= 0.3 is 5.97 Å². The first kappa shape index (κ1) is 15.0. The maximum absolute atomic E-state index is 11.8. The molecule has 1 aliphatic carbocycles. The van der Waals surface area contributed by atoms with E-state index in [-0.39, 0.29) is 28.8 Å². The maximum atomic E-state index is 11.8. The molecule has 0 saturated heterocycles. The molecule has 0 aromatic carbocycles. The van der Waals surface area contributed by atoms with Crippen molar-refractivity contribution in [3.63, 3.8) is 0 Å². The van der Waals surface area contributed by atoms with Crippen molar-refractivity contribution in [3.8, 4) is 0 Å². The smallest absolute Gasteiger partial charge is 0.337 e. The van der Waals surface area contributed by atoms with Crippen LogP contribution in [0.3, 0.4) is 0 Å². The number of aromatic nitrogens is 1. The summed E-state index contributed by atoms with van der Waals surface area (Å²) in [5.74, 6) is -1.29. The van der Waals surface area contributed by atoms with E-state index in [2.05, 4.69) is 15.6 Å². The Kier molecular flexibility index (Phi) is 4.52. The van der Waals surface area contributed by atoms with E-state index in [9.17, 15) is 14.4 Å². The summed E-state index contributed by atoms with van der Waals surface area (Å²) in [6.45, 7) is 2.21. The highest BCUT2D eigenvalue weighted by Gasteiger charge is 2.29. The molecule has 2 rings (SSSR count). The molecule has 1 aliphatic rings. The molecule has 0 bridgehead atoms. The molecule has 1 saturated carbocycles. The van der Waals surface area contributed by atoms with Crippen LogP contribution in [-0.4, -0.2) is 41.0 Å². The van der Waals surface area contributed by atoms with E-state index < -0.39 is 11.9 Å². The summed E-state index contributed by atoms with van der Waals surface area (Å²) in [5, 5.41) is 14.3. The Balaban J connectivity index is 1.81. The molecule has 0 aliphatic heterocycles. The molecule has 7 heteroatoms. The van der Waals surface area contributed by atoms with Crippen LogP contribution in [0.15, 0.2) is 12.1 Å². The molecule has 0 atom stereocenters. The van der Waals surface area contributed by atoms with Gasteiger partial charge in [-0.3, -0.25) is 9.59 Å². The van der Waals surface area contributed by atoms with Crippen LogP contribution in [-0.2, 0) is 4.79 Å². The number of pyridine rings is 1. The Morgan fingerprint density at radius 2 is 1.90 bits per heavy atom. The molecule has 0 unspecified atom stereocenters. The zero-order valence-corrected chi connectivity index (χ0v) is 11.7. The lowest BCUT2D eigenvalue weighted by Gasteiger charge is -2.07. The highest BCUT2D eigenvalue weighted by molar-refractivity contribution is 5.94. The lowest BCUT2D eigenvalue weighted by molar-refractivity contribution is -0.122. The van der Waals surface area contributed by atoms with Gasteiger partial charge in [-0.15, -0.1) is 0 Å². The Morgan fingerprint density at radius 1 is 1.24 bits per heavy atom. The molecule has 1 heterocycles. The molecular weight excluding hydrogens is 274 g/mol. The Bertz CT molecular complexity index is 582. The fourth-order valence-electron chi connectivity index (χ4n) is 1.86. The maximum Gasteiger partial charge on any atom is 0.337 e. The third-order valence-electron chi connectivity index (χ3n) is 3.21. The first-order valence-corrected chi connectivity index (χ1v) is 6.76. The number of rotatable bonds is 6. The van der Waals surface area contributed by atoms with Crippen molar-refractivity contribution >= 4 is 17.8 Å². The summed E-state index contributed by atoms with van der Waals surface area (Å²) in [7, 11) is 0. The number of aromatic carboxylic acids is 1. The molecule has 1 aromatic rings. The monoisotopic (exact) mass is 291 g/mol. The minimum absolute atomic E-state index is 0.0315. The summed E-state index contributed by atoms with van der Waals surface area (Å²) in [5.41, 5.74) is 0.520. The molecule has 1 aromatic heterocycles. The van der Waals surface area contributed by atoms with Gasteiger partial charge in [0.1, 0.15) is 5.69 Å². The second kappa shape index (κ2) is 6.34. The summed E-state index contributed by atoms with van der Waals surface area (Å²) < 4.78 is 0. The lowest BCUT2D eigenvalue weighted by atomic mass is 10.2. The van der Waals surface area contributed by atoms with Gasteiger partial charge in [-0.25, -0.2) is 9.78 Å². The Hall–Kier alpha value is -2.44. The second-order valence-electron chi connectivity index (χ2n) is 4.96. The van der Waals surface area contributed by atoms with Crippen LogP contribution in [0.5, 0.6) is 0 Å². The molecule has 0 radical (unpaired) electrons. The number of carbonyl (C=O) groups excluding carboxylic acids is 2. The predicted octanol–water partition coefficient (Wildman–Crippen LogP) is 0.344. The predicted molar refractivity (Wildman–Crippen MR) is 74.0 cm³/mol. The van der Waals surface area contributed by atoms with Crippen molar-refractivity contribution < 1.29 is 19.5 Å². The molecule has 2 amide bonds. The van der Waals surface area contributed by atoms with Gasteiger partial charge in [0.15, 0.2) is 0 Å². The number of carbonyl (C=O) groups is 3.